The number of hydrogen-bond donors (Lipinski definition) is 3. The molecule has 0 aromatic heterocycles. The maximum atomic E-state index is 11.9. The third-order valence-electron chi connectivity index (χ3n) is 2.61. The van der Waals surface area contributed by atoms with Crippen LogP contribution in [0.2, 0.25) is 0 Å². The lowest BCUT2D eigenvalue weighted by Crippen LogP contribution is -2.41. The van der Waals surface area contributed by atoms with Crippen LogP contribution in [0.1, 0.15) is 30.1 Å². The monoisotopic (exact) mass is 281 g/mol. The van der Waals surface area contributed by atoms with Crippen molar-refractivity contribution in [2.24, 2.45) is 0 Å². The minimum atomic E-state index is -1.17. The van der Waals surface area contributed by atoms with Crippen molar-refractivity contribution in [3.63, 3.8) is 0 Å². The second-order valence-corrected chi connectivity index (χ2v) is 4.25. The van der Waals surface area contributed by atoms with E-state index >= 15 is 0 Å². The van der Waals surface area contributed by atoms with Crippen LogP contribution in [0.3, 0.4) is 0 Å². The van der Waals surface area contributed by atoms with Crippen LogP contribution >= 0.6 is 0 Å². The van der Waals surface area contributed by atoms with Gasteiger partial charge in [-0.05, 0) is 30.7 Å². The minimum Gasteiger partial charge on any atom is -0.494 e. The Kier molecular flexibility index (Phi) is 6.52. The van der Waals surface area contributed by atoms with E-state index in [2.05, 4.69) is 5.32 Å². The van der Waals surface area contributed by atoms with Gasteiger partial charge in [-0.3, -0.25) is 4.79 Å². The third-order valence-corrected chi connectivity index (χ3v) is 2.61. The summed E-state index contributed by atoms with van der Waals surface area (Å²) in [4.78, 5) is 22.7. The molecule has 6 nitrogen and oxygen atoms in total. The van der Waals surface area contributed by atoms with Gasteiger partial charge in [0.05, 0.1) is 6.61 Å². The number of carbonyl (C=O) groups excluding carboxylic acids is 1. The number of rotatable bonds is 8. The Hall–Kier alpha value is -2.08. The molecule has 1 aromatic carbocycles. The van der Waals surface area contributed by atoms with E-state index < -0.39 is 17.9 Å². The number of ether oxygens (including phenoxy) is 1. The van der Waals surface area contributed by atoms with E-state index in [4.69, 9.17) is 14.9 Å². The number of aliphatic carboxylic acids is 1. The average Bonchev–Trinajstić information content (AvgIpc) is 2.45. The fourth-order valence-corrected chi connectivity index (χ4v) is 1.55. The van der Waals surface area contributed by atoms with E-state index in [1.54, 1.807) is 24.3 Å². The third kappa shape index (κ3) is 4.89. The molecular formula is C14H19NO5. The number of carboxylic acids is 1. The number of aliphatic hydroxyl groups excluding tert-OH is 1. The van der Waals surface area contributed by atoms with Crippen LogP contribution in [0.4, 0.5) is 0 Å². The van der Waals surface area contributed by atoms with Crippen molar-refractivity contribution < 1.29 is 24.5 Å². The molecule has 6 heteroatoms. The van der Waals surface area contributed by atoms with Gasteiger partial charge in [-0.25, -0.2) is 4.79 Å². The van der Waals surface area contributed by atoms with Crippen molar-refractivity contribution >= 4 is 11.9 Å². The number of carbonyl (C=O) groups is 2. The van der Waals surface area contributed by atoms with E-state index in [1.807, 2.05) is 6.92 Å². The van der Waals surface area contributed by atoms with Crippen LogP contribution in [-0.4, -0.2) is 41.3 Å². The molecule has 1 amide bonds. The summed E-state index contributed by atoms with van der Waals surface area (Å²) in [7, 11) is 0. The van der Waals surface area contributed by atoms with E-state index in [1.165, 1.54) is 0 Å². The van der Waals surface area contributed by atoms with Crippen LogP contribution in [-0.2, 0) is 4.79 Å². The summed E-state index contributed by atoms with van der Waals surface area (Å²) in [5.74, 6) is -1.00. The molecule has 0 heterocycles. The highest BCUT2D eigenvalue weighted by Gasteiger charge is 2.19. The first-order chi connectivity index (χ1) is 9.58. The fraction of sp³-hybridized carbons (Fsp3) is 0.429. The highest BCUT2D eigenvalue weighted by atomic mass is 16.5. The van der Waals surface area contributed by atoms with Crippen molar-refractivity contribution in [3.05, 3.63) is 29.8 Å². The molecule has 0 spiro atoms. The van der Waals surface area contributed by atoms with Crippen molar-refractivity contribution in [2.75, 3.05) is 13.2 Å². The van der Waals surface area contributed by atoms with Crippen LogP contribution in [0.25, 0.3) is 0 Å². The van der Waals surface area contributed by atoms with E-state index in [0.29, 0.717) is 17.9 Å². The zero-order chi connectivity index (χ0) is 15.0. The molecule has 1 atom stereocenters. The van der Waals surface area contributed by atoms with Gasteiger partial charge < -0.3 is 20.3 Å². The predicted octanol–water partition coefficient (Wildman–Crippen LogP) is 1.04. The zero-order valence-corrected chi connectivity index (χ0v) is 11.3. The molecule has 20 heavy (non-hydrogen) atoms. The molecule has 0 saturated carbocycles. The molecule has 110 valence electrons. The van der Waals surface area contributed by atoms with Gasteiger partial charge in [0.2, 0.25) is 0 Å². The number of amides is 1. The Morgan fingerprint density at radius 1 is 1.30 bits per heavy atom. The van der Waals surface area contributed by atoms with E-state index in [-0.39, 0.29) is 13.0 Å². The molecule has 0 saturated heterocycles. The molecular weight excluding hydrogens is 262 g/mol. The molecule has 3 N–H and O–H groups in total. The van der Waals surface area contributed by atoms with Crippen molar-refractivity contribution in [2.45, 2.75) is 25.8 Å². The first-order valence-electron chi connectivity index (χ1n) is 6.45. The summed E-state index contributed by atoms with van der Waals surface area (Å²) < 4.78 is 5.39. The van der Waals surface area contributed by atoms with Crippen LogP contribution in [0.15, 0.2) is 24.3 Å². The summed E-state index contributed by atoms with van der Waals surface area (Å²) >= 11 is 0. The van der Waals surface area contributed by atoms with Gasteiger partial charge in [0, 0.05) is 18.6 Å². The average molecular weight is 281 g/mol. The summed E-state index contributed by atoms with van der Waals surface area (Å²) in [6.45, 7) is 2.29. The molecule has 0 aliphatic heterocycles. The number of benzene rings is 1. The number of carboxylic acid groups (broad SMARTS) is 1. The van der Waals surface area contributed by atoms with Crippen LogP contribution in [0.5, 0.6) is 5.75 Å². The number of nitrogens with one attached hydrogen (secondary N) is 1. The first kappa shape index (κ1) is 16.0. The summed E-state index contributed by atoms with van der Waals surface area (Å²) in [6.07, 6.45) is 0.864. The molecule has 0 unspecified atom stereocenters. The second-order valence-electron chi connectivity index (χ2n) is 4.25. The van der Waals surface area contributed by atoms with E-state index in [0.717, 1.165) is 6.42 Å². The fourth-order valence-electron chi connectivity index (χ4n) is 1.55. The lowest BCUT2D eigenvalue weighted by atomic mass is 10.1. The normalized spacial score (nSPS) is 11.7. The second kappa shape index (κ2) is 8.16. The maximum Gasteiger partial charge on any atom is 0.326 e. The quantitative estimate of drug-likeness (QED) is 0.661. The topological polar surface area (TPSA) is 95.9 Å². The Morgan fingerprint density at radius 3 is 2.45 bits per heavy atom. The van der Waals surface area contributed by atoms with Crippen LogP contribution < -0.4 is 10.1 Å². The van der Waals surface area contributed by atoms with Crippen molar-refractivity contribution in [1.29, 1.82) is 0 Å². The summed E-state index contributed by atoms with van der Waals surface area (Å²) in [5.41, 5.74) is 0.345. The molecule has 1 aromatic rings. The Balaban J connectivity index is 2.64. The highest BCUT2D eigenvalue weighted by Crippen LogP contribution is 2.12. The van der Waals surface area contributed by atoms with E-state index in [9.17, 15) is 9.59 Å². The number of hydrogen-bond acceptors (Lipinski definition) is 4. The zero-order valence-electron chi connectivity index (χ0n) is 11.3. The lowest BCUT2D eigenvalue weighted by molar-refractivity contribution is -0.139. The molecule has 0 bridgehead atoms. The van der Waals surface area contributed by atoms with Gasteiger partial charge in [0.25, 0.3) is 5.91 Å². The Labute approximate surface area is 117 Å². The minimum absolute atomic E-state index is 0.0290. The first-order valence-corrected chi connectivity index (χ1v) is 6.45. The van der Waals surface area contributed by atoms with Gasteiger partial charge >= 0.3 is 5.97 Å². The maximum absolute atomic E-state index is 11.9. The largest absolute Gasteiger partial charge is 0.494 e. The lowest BCUT2D eigenvalue weighted by Gasteiger charge is -2.13. The number of aliphatic hydroxyl groups is 1. The summed E-state index contributed by atoms with van der Waals surface area (Å²) in [6, 6.07) is 5.36. The van der Waals surface area contributed by atoms with Gasteiger partial charge in [-0.1, -0.05) is 6.92 Å². The van der Waals surface area contributed by atoms with Gasteiger partial charge in [-0.15, -0.1) is 0 Å². The van der Waals surface area contributed by atoms with Gasteiger partial charge in [0.15, 0.2) is 0 Å². The standard InChI is InChI=1S/C14H19NO5/c1-2-9-20-11-5-3-10(4-6-11)13(17)15-12(7-8-16)14(18)19/h3-6,12,16H,2,7-9H2,1H3,(H,15,17)(H,18,19)/t12-/m0/s1. The van der Waals surface area contributed by atoms with Gasteiger partial charge in [-0.2, -0.15) is 0 Å². The summed E-state index contributed by atoms with van der Waals surface area (Å²) in [5, 5.41) is 20.0. The van der Waals surface area contributed by atoms with Crippen molar-refractivity contribution in [1.82, 2.24) is 5.32 Å². The van der Waals surface area contributed by atoms with Crippen LogP contribution in [0, 0.1) is 0 Å². The smallest absolute Gasteiger partial charge is 0.326 e. The predicted molar refractivity (Wildman–Crippen MR) is 72.8 cm³/mol. The molecule has 0 radical (unpaired) electrons. The molecule has 1 rings (SSSR count). The van der Waals surface area contributed by atoms with Gasteiger partial charge in [0.1, 0.15) is 11.8 Å². The Bertz CT molecular complexity index is 443. The molecule has 0 fully saturated rings. The van der Waals surface area contributed by atoms with Crippen molar-refractivity contribution in [3.8, 4) is 5.75 Å². The highest BCUT2D eigenvalue weighted by molar-refractivity contribution is 5.96. The molecule has 0 aliphatic rings. The SMILES string of the molecule is CCCOc1ccc(C(=O)N[C@@H](CCO)C(=O)O)cc1. The Morgan fingerprint density at radius 2 is 1.95 bits per heavy atom. The molecule has 0 aliphatic carbocycles.